The first-order valence-electron chi connectivity index (χ1n) is 6.70. The van der Waals surface area contributed by atoms with E-state index < -0.39 is 0 Å². The van der Waals surface area contributed by atoms with Crippen LogP contribution in [0.4, 0.5) is 0 Å². The van der Waals surface area contributed by atoms with Gasteiger partial charge in [0, 0.05) is 19.0 Å². The van der Waals surface area contributed by atoms with Crippen molar-refractivity contribution in [2.24, 2.45) is 0 Å². The molecule has 0 aliphatic carbocycles. The maximum atomic E-state index is 11.9. The molecule has 0 bridgehead atoms. The van der Waals surface area contributed by atoms with E-state index in [0.717, 1.165) is 25.5 Å². The molecule has 18 heavy (non-hydrogen) atoms. The summed E-state index contributed by atoms with van der Waals surface area (Å²) in [7, 11) is 0. The Morgan fingerprint density at radius 1 is 1.39 bits per heavy atom. The minimum Gasteiger partial charge on any atom is -0.303 e. The van der Waals surface area contributed by atoms with Gasteiger partial charge in [-0.1, -0.05) is 13.8 Å². The summed E-state index contributed by atoms with van der Waals surface area (Å²) in [5.41, 5.74) is 0. The lowest BCUT2D eigenvalue weighted by Crippen LogP contribution is -2.26. The van der Waals surface area contributed by atoms with Gasteiger partial charge in [-0.15, -0.1) is 0 Å². The van der Waals surface area contributed by atoms with Gasteiger partial charge >= 0.3 is 0 Å². The molecule has 102 valence electrons. The van der Waals surface area contributed by atoms with Gasteiger partial charge in [-0.2, -0.15) is 5.10 Å². The van der Waals surface area contributed by atoms with Gasteiger partial charge in [0.05, 0.1) is 6.42 Å². The van der Waals surface area contributed by atoms with Crippen LogP contribution in [0.5, 0.6) is 0 Å². The Morgan fingerprint density at radius 3 is 2.61 bits per heavy atom. The summed E-state index contributed by atoms with van der Waals surface area (Å²) >= 11 is 0. The lowest BCUT2D eigenvalue weighted by Gasteiger charge is -2.17. The zero-order valence-electron chi connectivity index (χ0n) is 11.9. The molecule has 1 rings (SSSR count). The number of hydrogen-bond donors (Lipinski definition) is 0. The fraction of sp³-hybridized carbons (Fsp3) is 0.769. The highest BCUT2D eigenvalue weighted by molar-refractivity contribution is 5.80. The molecule has 0 aliphatic heterocycles. The number of carbonyl (C=O) groups is 1. The second kappa shape index (κ2) is 7.26. The normalized spacial score (nSPS) is 11.4. The van der Waals surface area contributed by atoms with Crippen LogP contribution < -0.4 is 0 Å². The average molecular weight is 252 g/mol. The van der Waals surface area contributed by atoms with Crippen molar-refractivity contribution in [3.8, 4) is 0 Å². The monoisotopic (exact) mass is 252 g/mol. The van der Waals surface area contributed by atoms with Crippen LogP contribution in [0.15, 0.2) is 6.33 Å². The maximum absolute atomic E-state index is 11.9. The molecule has 0 atom stereocenters. The van der Waals surface area contributed by atoms with Gasteiger partial charge in [0.2, 0.25) is 0 Å². The Kier molecular flexibility index (Phi) is 5.98. The summed E-state index contributed by atoms with van der Waals surface area (Å²) in [5, 5.41) is 4.14. The van der Waals surface area contributed by atoms with Crippen LogP contribution in [-0.2, 0) is 11.2 Å². The molecule has 0 fully saturated rings. The van der Waals surface area contributed by atoms with Crippen LogP contribution in [0.1, 0.15) is 46.0 Å². The van der Waals surface area contributed by atoms with Crippen molar-refractivity contribution in [1.29, 1.82) is 0 Å². The van der Waals surface area contributed by atoms with Crippen LogP contribution in [0.3, 0.4) is 0 Å². The summed E-state index contributed by atoms with van der Waals surface area (Å²) in [5.74, 6) is 1.01. The Balaban J connectivity index is 2.47. The Morgan fingerprint density at radius 2 is 2.06 bits per heavy atom. The predicted molar refractivity (Wildman–Crippen MR) is 71.5 cm³/mol. The van der Waals surface area contributed by atoms with E-state index in [0.29, 0.717) is 12.8 Å². The molecule has 0 radical (unpaired) electrons. The largest absolute Gasteiger partial charge is 0.303 e. The summed E-state index contributed by atoms with van der Waals surface area (Å²) in [6, 6.07) is 0.248. The summed E-state index contributed by atoms with van der Waals surface area (Å²) < 4.78 is 1.81. The third kappa shape index (κ3) is 4.22. The highest BCUT2D eigenvalue weighted by Gasteiger charge is 2.12. The predicted octanol–water partition coefficient (Wildman–Crippen LogP) is 1.70. The molecular weight excluding hydrogens is 228 g/mol. The van der Waals surface area contributed by atoms with Crippen molar-refractivity contribution >= 4 is 5.78 Å². The van der Waals surface area contributed by atoms with Crippen molar-refractivity contribution in [2.45, 2.75) is 46.6 Å². The molecule has 0 aromatic carbocycles. The average Bonchev–Trinajstić information content (AvgIpc) is 2.78. The van der Waals surface area contributed by atoms with E-state index >= 15 is 0 Å². The molecule has 1 aromatic heterocycles. The van der Waals surface area contributed by atoms with Crippen molar-refractivity contribution in [1.82, 2.24) is 19.7 Å². The lowest BCUT2D eigenvalue weighted by molar-refractivity contribution is -0.118. The summed E-state index contributed by atoms with van der Waals surface area (Å²) in [4.78, 5) is 18.3. The number of ketones is 1. The molecule has 0 N–H and O–H groups in total. The molecule has 0 saturated heterocycles. The van der Waals surface area contributed by atoms with Gasteiger partial charge in [-0.25, -0.2) is 9.67 Å². The Hall–Kier alpha value is -1.23. The smallest absolute Gasteiger partial charge is 0.141 e. The topological polar surface area (TPSA) is 51.0 Å². The Bertz CT molecular complexity index is 369. The van der Waals surface area contributed by atoms with E-state index in [9.17, 15) is 4.79 Å². The van der Waals surface area contributed by atoms with Gasteiger partial charge < -0.3 is 4.90 Å². The molecule has 0 amide bonds. The van der Waals surface area contributed by atoms with E-state index in [2.05, 4.69) is 28.8 Å². The molecule has 5 nitrogen and oxygen atoms in total. The van der Waals surface area contributed by atoms with Crippen molar-refractivity contribution in [3.63, 3.8) is 0 Å². The molecule has 0 unspecified atom stereocenters. The van der Waals surface area contributed by atoms with E-state index in [-0.39, 0.29) is 11.8 Å². The number of Topliss-reactive ketones (excluding diaryl/α,β-unsaturated/α-hetero) is 1. The summed E-state index contributed by atoms with van der Waals surface area (Å²) in [6.45, 7) is 11.1. The van der Waals surface area contributed by atoms with E-state index in [1.54, 1.807) is 0 Å². The highest BCUT2D eigenvalue weighted by Crippen LogP contribution is 2.07. The standard InChI is InChI=1S/C13H24N4O/c1-5-16(6-2)8-7-12(18)9-13-14-10-15-17(13)11(3)4/h10-11H,5-9H2,1-4H3. The SMILES string of the molecule is CCN(CC)CCC(=O)Cc1ncnn1C(C)C. The highest BCUT2D eigenvalue weighted by atomic mass is 16.1. The maximum Gasteiger partial charge on any atom is 0.141 e. The number of carbonyl (C=O) groups excluding carboxylic acids is 1. The second-order valence-corrected chi connectivity index (χ2v) is 4.71. The first-order valence-corrected chi connectivity index (χ1v) is 6.70. The molecule has 1 heterocycles. The minimum absolute atomic E-state index is 0.233. The molecule has 0 saturated carbocycles. The number of nitrogens with zero attached hydrogens (tertiary/aromatic N) is 4. The van der Waals surface area contributed by atoms with E-state index in [1.165, 1.54) is 6.33 Å². The van der Waals surface area contributed by atoms with Gasteiger partial charge in [-0.3, -0.25) is 4.79 Å². The van der Waals surface area contributed by atoms with Crippen LogP contribution in [0.25, 0.3) is 0 Å². The molecular formula is C13H24N4O. The zero-order chi connectivity index (χ0) is 13.5. The number of aromatic nitrogens is 3. The van der Waals surface area contributed by atoms with Crippen LogP contribution in [0, 0.1) is 0 Å². The Labute approximate surface area is 109 Å². The van der Waals surface area contributed by atoms with Gasteiger partial charge in [0.25, 0.3) is 0 Å². The van der Waals surface area contributed by atoms with Crippen molar-refractivity contribution < 1.29 is 4.79 Å². The fourth-order valence-electron chi connectivity index (χ4n) is 1.92. The van der Waals surface area contributed by atoms with Crippen molar-refractivity contribution in [2.75, 3.05) is 19.6 Å². The van der Waals surface area contributed by atoms with Crippen LogP contribution in [-0.4, -0.2) is 45.1 Å². The van der Waals surface area contributed by atoms with E-state index in [1.807, 2.05) is 18.5 Å². The molecule has 1 aromatic rings. The molecule has 5 heteroatoms. The van der Waals surface area contributed by atoms with Gasteiger partial charge in [0.1, 0.15) is 17.9 Å². The zero-order valence-corrected chi connectivity index (χ0v) is 11.9. The first-order chi connectivity index (χ1) is 8.58. The lowest BCUT2D eigenvalue weighted by atomic mass is 10.2. The minimum atomic E-state index is 0.233. The second-order valence-electron chi connectivity index (χ2n) is 4.71. The first kappa shape index (κ1) is 14.8. The third-order valence-corrected chi connectivity index (χ3v) is 3.09. The van der Waals surface area contributed by atoms with Crippen LogP contribution >= 0.6 is 0 Å². The van der Waals surface area contributed by atoms with Crippen molar-refractivity contribution in [3.05, 3.63) is 12.2 Å². The van der Waals surface area contributed by atoms with Gasteiger partial charge in [0.15, 0.2) is 0 Å². The fourth-order valence-corrected chi connectivity index (χ4v) is 1.92. The third-order valence-electron chi connectivity index (χ3n) is 3.09. The number of hydrogen-bond acceptors (Lipinski definition) is 4. The van der Waals surface area contributed by atoms with Gasteiger partial charge in [-0.05, 0) is 26.9 Å². The summed E-state index contributed by atoms with van der Waals surface area (Å²) in [6.07, 6.45) is 2.50. The number of rotatable bonds is 8. The van der Waals surface area contributed by atoms with Crippen LogP contribution in [0.2, 0.25) is 0 Å². The van der Waals surface area contributed by atoms with E-state index in [4.69, 9.17) is 0 Å². The molecule has 0 spiro atoms. The quantitative estimate of drug-likeness (QED) is 0.706. The molecule has 0 aliphatic rings.